The predicted molar refractivity (Wildman–Crippen MR) is 77.8 cm³/mol. The molecule has 6 heteroatoms. The first-order chi connectivity index (χ1) is 9.64. The van der Waals surface area contributed by atoms with Gasteiger partial charge in [0, 0.05) is 38.8 Å². The van der Waals surface area contributed by atoms with Gasteiger partial charge in [0.05, 0.1) is 5.75 Å². The summed E-state index contributed by atoms with van der Waals surface area (Å²) >= 11 is 0. The molecule has 0 amide bonds. The summed E-state index contributed by atoms with van der Waals surface area (Å²) < 4.78 is 27.5. The van der Waals surface area contributed by atoms with Crippen molar-refractivity contribution in [3.8, 4) is 0 Å². The van der Waals surface area contributed by atoms with Crippen LogP contribution in [-0.2, 0) is 10.0 Å². The molecule has 4 fully saturated rings. The fourth-order valence-electron chi connectivity index (χ4n) is 4.93. The van der Waals surface area contributed by atoms with Crippen LogP contribution in [0.15, 0.2) is 0 Å². The first-order valence-electron chi connectivity index (χ1n) is 8.07. The molecular formula is C14H25N3O2S. The fraction of sp³-hybridized carbons (Fsp3) is 1.00. The van der Waals surface area contributed by atoms with Gasteiger partial charge in [-0.1, -0.05) is 0 Å². The summed E-state index contributed by atoms with van der Waals surface area (Å²) in [5, 5.41) is 3.29. The van der Waals surface area contributed by atoms with E-state index in [1.807, 2.05) is 0 Å². The second kappa shape index (κ2) is 4.93. The second-order valence-electron chi connectivity index (χ2n) is 7.04. The molecule has 0 aromatic heterocycles. The molecule has 114 valence electrons. The molecule has 4 rings (SSSR count). The summed E-state index contributed by atoms with van der Waals surface area (Å²) in [6, 6.07) is 0.286. The minimum Gasteiger partial charge on any atom is -0.314 e. The van der Waals surface area contributed by atoms with Gasteiger partial charge in [-0.05, 0) is 42.9 Å². The van der Waals surface area contributed by atoms with Gasteiger partial charge < -0.3 is 5.32 Å². The van der Waals surface area contributed by atoms with Crippen molar-refractivity contribution in [1.29, 1.82) is 0 Å². The van der Waals surface area contributed by atoms with Gasteiger partial charge in [-0.3, -0.25) is 4.90 Å². The highest BCUT2D eigenvalue weighted by Crippen LogP contribution is 2.65. The SMILES string of the molecule is O=S(=O)(CCN1CCNCC1)NC1C2C3CCC(C3)C12. The molecule has 1 heterocycles. The van der Waals surface area contributed by atoms with Crippen molar-refractivity contribution in [2.75, 3.05) is 38.5 Å². The van der Waals surface area contributed by atoms with Gasteiger partial charge in [0.2, 0.25) is 10.0 Å². The summed E-state index contributed by atoms with van der Waals surface area (Å²) in [5.74, 6) is 3.28. The van der Waals surface area contributed by atoms with Crippen molar-refractivity contribution >= 4 is 10.0 Å². The van der Waals surface area contributed by atoms with Crippen molar-refractivity contribution < 1.29 is 8.42 Å². The average Bonchev–Trinajstić information content (AvgIpc) is 2.85. The van der Waals surface area contributed by atoms with Crippen LogP contribution in [-0.4, -0.2) is 57.8 Å². The maximum Gasteiger partial charge on any atom is 0.213 e. The Morgan fingerprint density at radius 2 is 1.75 bits per heavy atom. The predicted octanol–water partition coefficient (Wildman–Crippen LogP) is -0.144. The Labute approximate surface area is 121 Å². The third kappa shape index (κ3) is 2.40. The molecule has 2 bridgehead atoms. The minimum atomic E-state index is -3.09. The van der Waals surface area contributed by atoms with E-state index in [0.29, 0.717) is 18.4 Å². The molecular weight excluding hydrogens is 274 g/mol. The zero-order valence-electron chi connectivity index (χ0n) is 11.9. The van der Waals surface area contributed by atoms with Crippen molar-refractivity contribution in [1.82, 2.24) is 14.9 Å². The standard InChI is InChI=1S/C14H25N3O2S/c18-20(19,8-7-17-5-3-15-4-6-17)16-14-12-10-1-2-11(9-10)13(12)14/h10-16H,1-9H2. The highest BCUT2D eigenvalue weighted by Gasteiger charge is 2.65. The Kier molecular flexibility index (Phi) is 3.33. The summed E-state index contributed by atoms with van der Waals surface area (Å²) in [4.78, 5) is 2.24. The molecule has 3 saturated carbocycles. The Hall–Kier alpha value is -0.170. The highest BCUT2D eigenvalue weighted by molar-refractivity contribution is 7.89. The fourth-order valence-corrected chi connectivity index (χ4v) is 6.28. The van der Waals surface area contributed by atoms with Crippen LogP contribution in [0.5, 0.6) is 0 Å². The van der Waals surface area contributed by atoms with Crippen LogP contribution in [0.3, 0.4) is 0 Å². The second-order valence-corrected chi connectivity index (χ2v) is 8.92. The molecule has 3 aliphatic carbocycles. The van der Waals surface area contributed by atoms with Gasteiger partial charge in [-0.2, -0.15) is 0 Å². The topological polar surface area (TPSA) is 61.4 Å². The molecule has 5 nitrogen and oxygen atoms in total. The smallest absolute Gasteiger partial charge is 0.213 e. The van der Waals surface area contributed by atoms with E-state index in [9.17, 15) is 8.42 Å². The maximum atomic E-state index is 12.2. The number of nitrogens with zero attached hydrogens (tertiary/aromatic N) is 1. The van der Waals surface area contributed by atoms with E-state index < -0.39 is 10.0 Å². The lowest BCUT2D eigenvalue weighted by Crippen LogP contribution is -2.46. The van der Waals surface area contributed by atoms with E-state index in [1.165, 1.54) is 19.3 Å². The zero-order valence-corrected chi connectivity index (χ0v) is 12.7. The van der Waals surface area contributed by atoms with Crippen LogP contribution in [0.1, 0.15) is 19.3 Å². The first kappa shape index (κ1) is 13.5. The Morgan fingerprint density at radius 1 is 1.10 bits per heavy atom. The quantitative estimate of drug-likeness (QED) is 0.741. The Balaban J connectivity index is 1.28. The van der Waals surface area contributed by atoms with E-state index in [4.69, 9.17) is 0 Å². The lowest BCUT2D eigenvalue weighted by Gasteiger charge is -2.27. The largest absolute Gasteiger partial charge is 0.314 e. The number of sulfonamides is 1. The van der Waals surface area contributed by atoms with E-state index in [0.717, 1.165) is 38.0 Å². The summed E-state index contributed by atoms with van der Waals surface area (Å²) in [6.45, 7) is 4.56. The summed E-state index contributed by atoms with van der Waals surface area (Å²) in [7, 11) is -3.09. The minimum absolute atomic E-state index is 0.262. The zero-order chi connectivity index (χ0) is 13.7. The number of rotatable bonds is 5. The van der Waals surface area contributed by atoms with Crippen molar-refractivity contribution in [2.24, 2.45) is 23.7 Å². The summed E-state index contributed by atoms with van der Waals surface area (Å²) in [5.41, 5.74) is 0. The molecule has 20 heavy (non-hydrogen) atoms. The lowest BCUT2D eigenvalue weighted by atomic mass is 10.0. The van der Waals surface area contributed by atoms with Gasteiger partial charge in [-0.25, -0.2) is 13.1 Å². The number of hydrogen-bond acceptors (Lipinski definition) is 4. The van der Waals surface area contributed by atoms with Gasteiger partial charge in [-0.15, -0.1) is 0 Å². The van der Waals surface area contributed by atoms with Crippen LogP contribution in [0.4, 0.5) is 0 Å². The van der Waals surface area contributed by atoms with Crippen LogP contribution < -0.4 is 10.0 Å². The number of nitrogens with one attached hydrogen (secondary N) is 2. The Morgan fingerprint density at radius 3 is 2.40 bits per heavy atom. The normalized spacial score (nSPS) is 43.7. The average molecular weight is 299 g/mol. The highest BCUT2D eigenvalue weighted by atomic mass is 32.2. The molecule has 4 aliphatic rings. The van der Waals surface area contributed by atoms with Crippen molar-refractivity contribution in [3.05, 3.63) is 0 Å². The molecule has 1 saturated heterocycles. The summed E-state index contributed by atoms with van der Waals surface area (Å²) in [6.07, 6.45) is 4.05. The van der Waals surface area contributed by atoms with Crippen LogP contribution in [0.25, 0.3) is 0 Å². The molecule has 1 aliphatic heterocycles. The van der Waals surface area contributed by atoms with Gasteiger partial charge in [0.1, 0.15) is 0 Å². The van der Waals surface area contributed by atoms with E-state index in [2.05, 4.69) is 14.9 Å². The third-order valence-electron chi connectivity index (χ3n) is 5.94. The lowest BCUT2D eigenvalue weighted by molar-refractivity contribution is 0.253. The van der Waals surface area contributed by atoms with E-state index in [1.54, 1.807) is 0 Å². The van der Waals surface area contributed by atoms with Gasteiger partial charge in [0.15, 0.2) is 0 Å². The van der Waals surface area contributed by atoms with E-state index in [-0.39, 0.29) is 11.8 Å². The maximum absolute atomic E-state index is 12.2. The van der Waals surface area contributed by atoms with E-state index >= 15 is 0 Å². The van der Waals surface area contributed by atoms with Crippen LogP contribution in [0, 0.1) is 23.7 Å². The number of piperazine rings is 1. The molecule has 4 unspecified atom stereocenters. The third-order valence-corrected chi connectivity index (χ3v) is 7.29. The van der Waals surface area contributed by atoms with Crippen molar-refractivity contribution in [2.45, 2.75) is 25.3 Å². The molecule has 0 aromatic rings. The van der Waals surface area contributed by atoms with Gasteiger partial charge in [0.25, 0.3) is 0 Å². The monoisotopic (exact) mass is 299 g/mol. The van der Waals surface area contributed by atoms with Crippen LogP contribution >= 0.6 is 0 Å². The molecule has 4 atom stereocenters. The molecule has 2 N–H and O–H groups in total. The molecule has 0 spiro atoms. The first-order valence-corrected chi connectivity index (χ1v) is 9.72. The number of hydrogen-bond donors (Lipinski definition) is 2. The number of fused-ring (bicyclic) bond motifs is 5. The molecule has 0 radical (unpaired) electrons. The van der Waals surface area contributed by atoms with Crippen LogP contribution in [0.2, 0.25) is 0 Å². The van der Waals surface area contributed by atoms with Gasteiger partial charge >= 0.3 is 0 Å². The molecule has 0 aromatic carbocycles. The Bertz CT molecular complexity index is 459. The van der Waals surface area contributed by atoms with Crippen molar-refractivity contribution in [3.63, 3.8) is 0 Å².